The van der Waals surface area contributed by atoms with E-state index in [4.69, 9.17) is 11.6 Å². The highest BCUT2D eigenvalue weighted by molar-refractivity contribution is 7.89. The molecular formula is C28H33ClN2O5S. The molecule has 1 aliphatic rings. The van der Waals surface area contributed by atoms with Gasteiger partial charge in [0, 0.05) is 17.5 Å². The molecule has 0 heterocycles. The summed E-state index contributed by atoms with van der Waals surface area (Å²) in [5.74, 6) is -0.971. The summed E-state index contributed by atoms with van der Waals surface area (Å²) < 4.78 is 27.6. The molecular weight excluding hydrogens is 512 g/mol. The monoisotopic (exact) mass is 544 g/mol. The number of rotatable bonds is 10. The highest BCUT2D eigenvalue weighted by Gasteiger charge is 2.28. The molecule has 2 aromatic carbocycles. The fraction of sp³-hybridized carbons (Fsp3) is 0.321. The van der Waals surface area contributed by atoms with Crippen LogP contribution in [0.25, 0.3) is 0 Å². The van der Waals surface area contributed by atoms with Crippen LogP contribution in [0.3, 0.4) is 0 Å². The average molecular weight is 545 g/mol. The van der Waals surface area contributed by atoms with E-state index in [2.05, 4.69) is 16.6 Å². The molecule has 0 saturated heterocycles. The van der Waals surface area contributed by atoms with E-state index < -0.39 is 34.2 Å². The number of hydrogen-bond acceptors (Lipinski definition) is 5. The van der Waals surface area contributed by atoms with E-state index in [9.17, 15) is 23.4 Å². The molecule has 1 aliphatic carbocycles. The standard InChI is InChI=1S/C28H33ClN2O5S/c1-20-8-4-2-7-11-26(27(33)16-20)31-28(34)22(17-21-9-5-3-6-10-21)18-24(32)19-30-37(35,36)25-14-12-23(29)13-15-25/h2-10,12-15,22,24,26-27,30,32-33H,1,11,16-19H2,(H,31,34)/b7-2-,8-4-/t22-,24+,26+,27-/m1/s1. The first-order valence-electron chi connectivity index (χ1n) is 12.1. The predicted octanol–water partition coefficient (Wildman–Crippen LogP) is 3.54. The maximum absolute atomic E-state index is 13.4. The summed E-state index contributed by atoms with van der Waals surface area (Å²) in [4.78, 5) is 13.4. The van der Waals surface area contributed by atoms with Crippen LogP contribution in [0.5, 0.6) is 0 Å². The molecule has 2 aromatic rings. The van der Waals surface area contributed by atoms with E-state index in [0.717, 1.165) is 11.1 Å². The summed E-state index contributed by atoms with van der Waals surface area (Å²) in [5.41, 5.74) is 1.66. The number of hydrogen-bond donors (Lipinski definition) is 4. The molecule has 198 valence electrons. The Morgan fingerprint density at radius 1 is 1.11 bits per heavy atom. The molecule has 0 aliphatic heterocycles. The third-order valence-electron chi connectivity index (χ3n) is 6.12. The summed E-state index contributed by atoms with van der Waals surface area (Å²) in [6.45, 7) is 3.67. The molecule has 0 spiro atoms. The number of aliphatic hydroxyl groups excluding tert-OH is 2. The molecule has 0 unspecified atom stereocenters. The van der Waals surface area contributed by atoms with Gasteiger partial charge in [0.2, 0.25) is 15.9 Å². The van der Waals surface area contributed by atoms with E-state index in [1.165, 1.54) is 24.3 Å². The van der Waals surface area contributed by atoms with Gasteiger partial charge in [-0.3, -0.25) is 4.79 Å². The van der Waals surface area contributed by atoms with Crippen molar-refractivity contribution in [3.05, 3.63) is 102 Å². The Labute approximate surface area is 223 Å². The van der Waals surface area contributed by atoms with Crippen molar-refractivity contribution in [1.82, 2.24) is 10.0 Å². The minimum absolute atomic E-state index is 0.0246. The van der Waals surface area contributed by atoms with Crippen LogP contribution in [0, 0.1) is 5.92 Å². The van der Waals surface area contributed by atoms with Gasteiger partial charge in [0.1, 0.15) is 0 Å². The lowest BCUT2D eigenvalue weighted by atomic mass is 9.91. The molecule has 0 radical (unpaired) electrons. The topological polar surface area (TPSA) is 116 Å². The van der Waals surface area contributed by atoms with Crippen molar-refractivity contribution in [2.75, 3.05) is 6.54 Å². The molecule has 7 nitrogen and oxygen atoms in total. The first-order valence-corrected chi connectivity index (χ1v) is 14.0. The van der Waals surface area contributed by atoms with Gasteiger partial charge in [-0.25, -0.2) is 13.1 Å². The SMILES string of the molecule is C=C1/C=C\C=C/C[C@H](NC(=O)[C@H](Cc2ccccc2)C[C@H](O)CNS(=O)(=O)c2ccc(Cl)cc2)[C@H](O)C1. The number of sulfonamides is 1. The second kappa shape index (κ2) is 13.7. The van der Waals surface area contributed by atoms with Gasteiger partial charge < -0.3 is 15.5 Å². The van der Waals surface area contributed by atoms with E-state index >= 15 is 0 Å². The Kier molecular flexibility index (Phi) is 10.7. The van der Waals surface area contributed by atoms with Crippen molar-refractivity contribution < 1.29 is 23.4 Å². The fourth-order valence-corrected chi connectivity index (χ4v) is 5.28. The Morgan fingerprint density at radius 3 is 2.51 bits per heavy atom. The largest absolute Gasteiger partial charge is 0.392 e. The maximum Gasteiger partial charge on any atom is 0.240 e. The second-order valence-corrected chi connectivity index (χ2v) is 11.4. The number of amides is 1. The average Bonchev–Trinajstić information content (AvgIpc) is 2.94. The van der Waals surface area contributed by atoms with Gasteiger partial charge >= 0.3 is 0 Å². The second-order valence-electron chi connectivity index (χ2n) is 9.15. The van der Waals surface area contributed by atoms with E-state index in [1.807, 2.05) is 54.6 Å². The normalized spacial score (nSPS) is 21.6. The zero-order valence-electron chi connectivity index (χ0n) is 20.5. The quantitative estimate of drug-likeness (QED) is 0.365. The lowest BCUT2D eigenvalue weighted by Crippen LogP contribution is -2.47. The number of benzene rings is 2. The van der Waals surface area contributed by atoms with Crippen molar-refractivity contribution in [3.8, 4) is 0 Å². The molecule has 0 aromatic heterocycles. The Balaban J connectivity index is 1.69. The van der Waals surface area contributed by atoms with Crippen molar-refractivity contribution in [3.63, 3.8) is 0 Å². The van der Waals surface area contributed by atoms with Crippen LogP contribution in [0.15, 0.2) is 95.9 Å². The number of carbonyl (C=O) groups is 1. The van der Waals surface area contributed by atoms with Crippen LogP contribution in [-0.4, -0.2) is 49.3 Å². The molecule has 9 heteroatoms. The van der Waals surface area contributed by atoms with E-state index in [1.54, 1.807) is 0 Å². The molecule has 3 rings (SSSR count). The van der Waals surface area contributed by atoms with Gasteiger partial charge in [0.25, 0.3) is 0 Å². The lowest BCUT2D eigenvalue weighted by molar-refractivity contribution is -0.127. The van der Waals surface area contributed by atoms with Crippen LogP contribution in [0.4, 0.5) is 0 Å². The summed E-state index contributed by atoms with van der Waals surface area (Å²) in [7, 11) is -3.86. The fourth-order valence-electron chi connectivity index (χ4n) is 4.08. The van der Waals surface area contributed by atoms with Gasteiger partial charge in [-0.15, -0.1) is 0 Å². The van der Waals surface area contributed by atoms with Crippen LogP contribution in [-0.2, 0) is 21.2 Å². The minimum atomic E-state index is -3.86. The molecule has 4 N–H and O–H groups in total. The van der Waals surface area contributed by atoms with Crippen molar-refractivity contribution in [2.45, 2.75) is 48.8 Å². The van der Waals surface area contributed by atoms with E-state index in [-0.39, 0.29) is 23.8 Å². The summed E-state index contributed by atoms with van der Waals surface area (Å²) in [6.07, 6.45) is 6.58. The third-order valence-corrected chi connectivity index (χ3v) is 7.81. The Morgan fingerprint density at radius 2 is 1.81 bits per heavy atom. The van der Waals surface area contributed by atoms with Gasteiger partial charge in [0.05, 0.1) is 23.1 Å². The molecule has 4 atom stereocenters. The molecule has 37 heavy (non-hydrogen) atoms. The first-order chi connectivity index (χ1) is 17.6. The highest BCUT2D eigenvalue weighted by atomic mass is 35.5. The van der Waals surface area contributed by atoms with Crippen molar-refractivity contribution >= 4 is 27.5 Å². The number of halogens is 1. The molecule has 0 fully saturated rings. The minimum Gasteiger partial charge on any atom is -0.392 e. The van der Waals surface area contributed by atoms with Crippen molar-refractivity contribution in [1.29, 1.82) is 0 Å². The molecule has 0 saturated carbocycles. The van der Waals surface area contributed by atoms with Crippen LogP contribution >= 0.6 is 11.6 Å². The molecule has 1 amide bonds. The van der Waals surface area contributed by atoms with E-state index in [0.29, 0.717) is 24.3 Å². The number of carbonyl (C=O) groups excluding carboxylic acids is 1. The van der Waals surface area contributed by atoms with Gasteiger partial charge in [-0.05, 0) is 55.5 Å². The predicted molar refractivity (Wildman–Crippen MR) is 145 cm³/mol. The smallest absolute Gasteiger partial charge is 0.240 e. The number of allylic oxidation sites excluding steroid dienone is 3. The van der Waals surface area contributed by atoms with Crippen LogP contribution < -0.4 is 10.0 Å². The van der Waals surface area contributed by atoms with Gasteiger partial charge in [0.15, 0.2) is 0 Å². The highest BCUT2D eigenvalue weighted by Crippen LogP contribution is 2.19. The van der Waals surface area contributed by atoms with Crippen LogP contribution in [0.1, 0.15) is 24.8 Å². The van der Waals surface area contributed by atoms with Crippen molar-refractivity contribution in [2.24, 2.45) is 5.92 Å². The zero-order chi connectivity index (χ0) is 26.8. The number of aliphatic hydroxyl groups is 2. The summed E-state index contributed by atoms with van der Waals surface area (Å²) in [6, 6.07) is 14.6. The van der Waals surface area contributed by atoms with Gasteiger partial charge in [-0.1, -0.05) is 78.4 Å². The first kappa shape index (κ1) is 28.8. The maximum atomic E-state index is 13.4. The Bertz CT molecular complexity index is 1210. The van der Waals surface area contributed by atoms with Crippen LogP contribution in [0.2, 0.25) is 5.02 Å². The van der Waals surface area contributed by atoms with Gasteiger partial charge in [-0.2, -0.15) is 0 Å². The number of nitrogens with one attached hydrogen (secondary N) is 2. The summed E-state index contributed by atoms with van der Waals surface area (Å²) >= 11 is 5.83. The summed E-state index contributed by atoms with van der Waals surface area (Å²) in [5, 5.41) is 24.8. The molecule has 0 bridgehead atoms. The lowest BCUT2D eigenvalue weighted by Gasteiger charge is -2.27. The third kappa shape index (κ3) is 9.25. The Hall–Kier alpha value is -2.75. The zero-order valence-corrected chi connectivity index (χ0v) is 22.0.